The lowest BCUT2D eigenvalue weighted by atomic mass is 10.2. The summed E-state index contributed by atoms with van der Waals surface area (Å²) in [5, 5.41) is 7.49. The first kappa shape index (κ1) is 11.4. The van der Waals surface area contributed by atoms with Crippen molar-refractivity contribution < 1.29 is 8.78 Å². The van der Waals surface area contributed by atoms with Gasteiger partial charge in [0, 0.05) is 12.3 Å². The molecule has 16 heavy (non-hydrogen) atoms. The summed E-state index contributed by atoms with van der Waals surface area (Å²) in [6.45, 7) is 0.755. The van der Waals surface area contributed by atoms with Gasteiger partial charge in [0.2, 0.25) is 0 Å². The number of hydrogen-bond acceptors (Lipinski definition) is 3. The molecule has 0 bridgehead atoms. The number of nitrogens with zero attached hydrogens (tertiary/aromatic N) is 3. The van der Waals surface area contributed by atoms with Crippen LogP contribution in [0.2, 0.25) is 10.3 Å². The van der Waals surface area contributed by atoms with Crippen LogP contribution >= 0.6 is 23.2 Å². The molecule has 2 heterocycles. The van der Waals surface area contributed by atoms with Crippen molar-refractivity contribution in [2.75, 3.05) is 0 Å². The van der Waals surface area contributed by atoms with Crippen molar-refractivity contribution in [3.05, 3.63) is 28.1 Å². The maximum Gasteiger partial charge on any atom is 0.286 e. The number of rotatable bonds is 1. The van der Waals surface area contributed by atoms with E-state index in [4.69, 9.17) is 23.2 Å². The van der Waals surface area contributed by atoms with Crippen LogP contribution in [0.1, 0.15) is 12.6 Å². The number of aromatic nitrogens is 3. The molecule has 2 rings (SSSR count). The van der Waals surface area contributed by atoms with Crippen LogP contribution in [0.5, 0.6) is 0 Å². The first-order valence-electron chi connectivity index (χ1n) is 4.26. The number of hydrogen-bond donors (Lipinski definition) is 0. The predicted octanol–water partition coefficient (Wildman–Crippen LogP) is 3.44. The molecule has 84 valence electrons. The third-order valence-corrected chi connectivity index (χ3v) is 2.52. The zero-order valence-electron chi connectivity index (χ0n) is 8.01. The summed E-state index contributed by atoms with van der Waals surface area (Å²) in [6, 6.07) is 2.59. The molecule has 3 nitrogen and oxygen atoms in total. The Bertz CT molecular complexity index is 554. The van der Waals surface area contributed by atoms with Gasteiger partial charge in [0.25, 0.3) is 5.92 Å². The third-order valence-electron chi connectivity index (χ3n) is 1.99. The van der Waals surface area contributed by atoms with E-state index in [1.165, 1.54) is 12.1 Å². The lowest BCUT2D eigenvalue weighted by Crippen LogP contribution is -2.09. The Morgan fingerprint density at radius 3 is 2.38 bits per heavy atom. The molecule has 2 aromatic heterocycles. The van der Waals surface area contributed by atoms with Crippen molar-refractivity contribution in [3.8, 4) is 0 Å². The van der Waals surface area contributed by atoms with Crippen molar-refractivity contribution in [2.45, 2.75) is 12.8 Å². The van der Waals surface area contributed by atoms with Gasteiger partial charge in [0.05, 0.1) is 0 Å². The molecular formula is C9H5Cl2F2N3. The molecule has 0 amide bonds. The molecule has 0 N–H and O–H groups in total. The highest BCUT2D eigenvalue weighted by Crippen LogP contribution is 2.30. The smallest absolute Gasteiger partial charge is 0.243 e. The average molecular weight is 264 g/mol. The fourth-order valence-electron chi connectivity index (χ4n) is 1.22. The van der Waals surface area contributed by atoms with E-state index in [9.17, 15) is 8.78 Å². The standard InChI is InChI=1S/C9H5Cl2F2N3/c1-9(12,13)5-3-2-4-6(14-5)8(11)16-15-7(4)10/h2-3H,1H3. The summed E-state index contributed by atoms with van der Waals surface area (Å²) < 4.78 is 26.1. The molecule has 0 spiro atoms. The summed E-state index contributed by atoms with van der Waals surface area (Å²) in [5.41, 5.74) is -0.258. The van der Waals surface area contributed by atoms with E-state index in [1.54, 1.807) is 0 Å². The molecule has 0 fully saturated rings. The van der Waals surface area contributed by atoms with Gasteiger partial charge in [-0.15, -0.1) is 10.2 Å². The maximum atomic E-state index is 13.0. The Morgan fingerprint density at radius 2 is 1.75 bits per heavy atom. The van der Waals surface area contributed by atoms with E-state index in [2.05, 4.69) is 15.2 Å². The molecule has 2 aromatic rings. The van der Waals surface area contributed by atoms with Crippen LogP contribution in [-0.4, -0.2) is 15.2 Å². The van der Waals surface area contributed by atoms with Crippen molar-refractivity contribution in [1.82, 2.24) is 15.2 Å². The second kappa shape index (κ2) is 3.75. The van der Waals surface area contributed by atoms with Crippen LogP contribution < -0.4 is 0 Å². The normalized spacial score (nSPS) is 12.1. The molecule has 0 aliphatic heterocycles. The summed E-state index contributed by atoms with van der Waals surface area (Å²) in [4.78, 5) is 3.74. The summed E-state index contributed by atoms with van der Waals surface area (Å²) >= 11 is 11.4. The molecule has 0 unspecified atom stereocenters. The van der Waals surface area contributed by atoms with Gasteiger partial charge >= 0.3 is 0 Å². The Labute approximate surface area is 99.4 Å². The summed E-state index contributed by atoms with van der Waals surface area (Å²) in [7, 11) is 0. The molecule has 0 aliphatic carbocycles. The van der Waals surface area contributed by atoms with Crippen molar-refractivity contribution in [2.24, 2.45) is 0 Å². The fraction of sp³-hybridized carbons (Fsp3) is 0.222. The second-order valence-electron chi connectivity index (χ2n) is 3.26. The van der Waals surface area contributed by atoms with Gasteiger partial charge in [0.15, 0.2) is 10.3 Å². The minimum absolute atomic E-state index is 0.0505. The molecule has 0 saturated carbocycles. The van der Waals surface area contributed by atoms with Crippen molar-refractivity contribution in [3.63, 3.8) is 0 Å². The first-order chi connectivity index (χ1) is 7.39. The Kier molecular flexibility index (Phi) is 2.67. The van der Waals surface area contributed by atoms with E-state index in [0.717, 1.165) is 6.92 Å². The molecule has 0 radical (unpaired) electrons. The summed E-state index contributed by atoms with van der Waals surface area (Å²) in [5.74, 6) is -3.03. The maximum absolute atomic E-state index is 13.0. The van der Waals surface area contributed by atoms with E-state index < -0.39 is 5.92 Å². The minimum Gasteiger partial charge on any atom is -0.243 e. The second-order valence-corrected chi connectivity index (χ2v) is 3.98. The first-order valence-corrected chi connectivity index (χ1v) is 5.02. The van der Waals surface area contributed by atoms with Gasteiger partial charge in [-0.3, -0.25) is 0 Å². The Hall–Kier alpha value is -1.07. The topological polar surface area (TPSA) is 38.7 Å². The number of pyridine rings is 1. The van der Waals surface area contributed by atoms with Crippen molar-refractivity contribution >= 4 is 34.1 Å². The molecule has 0 aliphatic rings. The third kappa shape index (κ3) is 1.92. The van der Waals surface area contributed by atoms with Crippen LogP contribution in [0.15, 0.2) is 12.1 Å². The minimum atomic E-state index is -3.03. The molecular weight excluding hydrogens is 259 g/mol. The fourth-order valence-corrected chi connectivity index (χ4v) is 1.59. The van der Waals surface area contributed by atoms with Crippen LogP contribution in [0, 0.1) is 0 Å². The van der Waals surface area contributed by atoms with Crippen LogP contribution in [-0.2, 0) is 5.92 Å². The van der Waals surface area contributed by atoms with Gasteiger partial charge < -0.3 is 0 Å². The van der Waals surface area contributed by atoms with E-state index >= 15 is 0 Å². The van der Waals surface area contributed by atoms with E-state index in [-0.39, 0.29) is 21.5 Å². The highest BCUT2D eigenvalue weighted by Gasteiger charge is 2.26. The van der Waals surface area contributed by atoms with E-state index in [1.807, 2.05) is 0 Å². The quantitative estimate of drug-likeness (QED) is 0.791. The number of fused-ring (bicyclic) bond motifs is 1. The van der Waals surface area contributed by atoms with Crippen LogP contribution in [0.4, 0.5) is 8.78 Å². The number of alkyl halides is 2. The van der Waals surface area contributed by atoms with Gasteiger partial charge in [-0.25, -0.2) is 4.98 Å². The zero-order chi connectivity index (χ0) is 11.9. The van der Waals surface area contributed by atoms with Crippen molar-refractivity contribution in [1.29, 1.82) is 0 Å². The summed E-state index contributed by atoms with van der Waals surface area (Å²) in [6.07, 6.45) is 0. The molecule has 0 aromatic carbocycles. The van der Waals surface area contributed by atoms with Gasteiger partial charge in [-0.2, -0.15) is 8.78 Å². The molecule has 0 saturated heterocycles. The van der Waals surface area contributed by atoms with E-state index in [0.29, 0.717) is 5.39 Å². The molecule has 7 heteroatoms. The Morgan fingerprint density at radius 1 is 1.12 bits per heavy atom. The van der Waals surface area contributed by atoms with Gasteiger partial charge in [-0.05, 0) is 12.1 Å². The Balaban J connectivity index is 2.76. The van der Waals surface area contributed by atoms with Gasteiger partial charge in [0.1, 0.15) is 11.2 Å². The lowest BCUT2D eigenvalue weighted by molar-refractivity contribution is 0.0131. The molecule has 0 atom stereocenters. The average Bonchev–Trinajstić information content (AvgIpc) is 2.22. The predicted molar refractivity (Wildman–Crippen MR) is 56.9 cm³/mol. The highest BCUT2D eigenvalue weighted by atomic mass is 35.5. The monoisotopic (exact) mass is 263 g/mol. The SMILES string of the molecule is CC(F)(F)c1ccc2c(Cl)nnc(Cl)c2n1. The zero-order valence-corrected chi connectivity index (χ0v) is 9.52. The highest BCUT2D eigenvalue weighted by molar-refractivity contribution is 6.37. The lowest BCUT2D eigenvalue weighted by Gasteiger charge is -2.10. The largest absolute Gasteiger partial charge is 0.286 e. The van der Waals surface area contributed by atoms with Crippen LogP contribution in [0.25, 0.3) is 10.9 Å². The van der Waals surface area contributed by atoms with Crippen LogP contribution in [0.3, 0.4) is 0 Å². The number of halogens is 4. The van der Waals surface area contributed by atoms with Gasteiger partial charge in [-0.1, -0.05) is 23.2 Å².